The average molecular weight is 391 g/mol. The van der Waals surface area contributed by atoms with Gasteiger partial charge in [-0.1, -0.05) is 6.07 Å². The van der Waals surface area contributed by atoms with E-state index in [0.717, 1.165) is 38.1 Å². The van der Waals surface area contributed by atoms with Crippen molar-refractivity contribution < 1.29 is 22.8 Å². The standard InChI is InChI=1S/C20H20F3N3O2/c1-13(27)24-16-6-4-5-14(11-16)19(28)25-17-12-15(20(21,22)23)7-8-18(17)26-9-2-3-10-26/h4-8,11-12H,2-3,9-10H2,1H3,(H,24,27)(H,25,28). The molecule has 2 aromatic carbocycles. The second-order valence-electron chi connectivity index (χ2n) is 6.64. The van der Waals surface area contributed by atoms with Crippen LogP contribution in [-0.2, 0) is 11.0 Å². The van der Waals surface area contributed by atoms with Gasteiger partial charge in [-0.3, -0.25) is 9.59 Å². The highest BCUT2D eigenvalue weighted by molar-refractivity contribution is 6.07. The summed E-state index contributed by atoms with van der Waals surface area (Å²) in [6, 6.07) is 9.61. The van der Waals surface area contributed by atoms with Crippen molar-refractivity contribution in [2.75, 3.05) is 28.6 Å². The number of hydrogen-bond acceptors (Lipinski definition) is 3. The van der Waals surface area contributed by atoms with Gasteiger partial charge in [-0.05, 0) is 49.2 Å². The van der Waals surface area contributed by atoms with Crippen molar-refractivity contribution in [2.45, 2.75) is 25.9 Å². The fraction of sp³-hybridized carbons (Fsp3) is 0.300. The van der Waals surface area contributed by atoms with Gasteiger partial charge in [-0.25, -0.2) is 0 Å². The van der Waals surface area contributed by atoms with Gasteiger partial charge in [-0.2, -0.15) is 13.2 Å². The molecule has 0 aromatic heterocycles. The molecule has 1 aliphatic rings. The summed E-state index contributed by atoms with van der Waals surface area (Å²) in [7, 11) is 0. The molecule has 0 bridgehead atoms. The van der Waals surface area contributed by atoms with E-state index in [9.17, 15) is 22.8 Å². The topological polar surface area (TPSA) is 61.4 Å². The third-order valence-electron chi connectivity index (χ3n) is 4.46. The lowest BCUT2D eigenvalue weighted by atomic mass is 10.1. The molecule has 8 heteroatoms. The lowest BCUT2D eigenvalue weighted by Crippen LogP contribution is -2.22. The molecule has 5 nitrogen and oxygen atoms in total. The number of nitrogens with zero attached hydrogens (tertiary/aromatic N) is 1. The smallest absolute Gasteiger partial charge is 0.370 e. The molecular weight excluding hydrogens is 371 g/mol. The van der Waals surface area contributed by atoms with Crippen molar-refractivity contribution in [2.24, 2.45) is 0 Å². The largest absolute Gasteiger partial charge is 0.416 e. The van der Waals surface area contributed by atoms with E-state index in [4.69, 9.17) is 0 Å². The predicted molar refractivity (Wildman–Crippen MR) is 102 cm³/mol. The maximum absolute atomic E-state index is 13.1. The molecule has 148 valence electrons. The Balaban J connectivity index is 1.91. The van der Waals surface area contributed by atoms with Crippen LogP contribution in [0, 0.1) is 0 Å². The highest BCUT2D eigenvalue weighted by atomic mass is 19.4. The molecule has 1 aliphatic heterocycles. The van der Waals surface area contributed by atoms with Crippen LogP contribution in [0.4, 0.5) is 30.2 Å². The van der Waals surface area contributed by atoms with E-state index in [1.165, 1.54) is 25.1 Å². The number of rotatable bonds is 4. The van der Waals surface area contributed by atoms with Gasteiger partial charge in [-0.15, -0.1) is 0 Å². The molecule has 28 heavy (non-hydrogen) atoms. The van der Waals surface area contributed by atoms with Crippen LogP contribution in [-0.4, -0.2) is 24.9 Å². The first kappa shape index (κ1) is 19.7. The van der Waals surface area contributed by atoms with Crippen molar-refractivity contribution in [3.63, 3.8) is 0 Å². The first-order chi connectivity index (χ1) is 13.2. The zero-order valence-electron chi connectivity index (χ0n) is 15.3. The third kappa shape index (κ3) is 4.62. The van der Waals surface area contributed by atoms with Crippen LogP contribution in [0.5, 0.6) is 0 Å². The van der Waals surface area contributed by atoms with Gasteiger partial charge in [0.2, 0.25) is 5.91 Å². The molecule has 0 aliphatic carbocycles. The monoisotopic (exact) mass is 391 g/mol. The van der Waals surface area contributed by atoms with Gasteiger partial charge >= 0.3 is 6.18 Å². The summed E-state index contributed by atoms with van der Waals surface area (Å²) in [5, 5.41) is 5.18. The van der Waals surface area contributed by atoms with Crippen LogP contribution in [0.3, 0.4) is 0 Å². The minimum Gasteiger partial charge on any atom is -0.370 e. The second kappa shape index (κ2) is 7.92. The van der Waals surface area contributed by atoms with E-state index >= 15 is 0 Å². The lowest BCUT2D eigenvalue weighted by Gasteiger charge is -2.23. The summed E-state index contributed by atoms with van der Waals surface area (Å²) < 4.78 is 39.4. The van der Waals surface area contributed by atoms with E-state index in [-0.39, 0.29) is 17.2 Å². The predicted octanol–water partition coefficient (Wildman–Crippen LogP) is 4.52. The Hall–Kier alpha value is -3.03. The Labute approximate surface area is 160 Å². The van der Waals surface area contributed by atoms with Crippen molar-refractivity contribution in [1.82, 2.24) is 0 Å². The number of carbonyl (C=O) groups is 2. The van der Waals surface area contributed by atoms with Gasteiger partial charge in [0.15, 0.2) is 0 Å². The first-order valence-corrected chi connectivity index (χ1v) is 8.89. The summed E-state index contributed by atoms with van der Waals surface area (Å²) >= 11 is 0. The molecule has 0 atom stereocenters. The number of anilines is 3. The van der Waals surface area contributed by atoms with E-state index in [2.05, 4.69) is 10.6 Å². The number of nitrogens with one attached hydrogen (secondary N) is 2. The molecule has 2 N–H and O–H groups in total. The van der Waals surface area contributed by atoms with E-state index < -0.39 is 17.6 Å². The van der Waals surface area contributed by atoms with Crippen LogP contribution in [0.15, 0.2) is 42.5 Å². The van der Waals surface area contributed by atoms with Crippen LogP contribution in [0.1, 0.15) is 35.7 Å². The summed E-state index contributed by atoms with van der Waals surface area (Å²) in [5.74, 6) is -0.835. The zero-order chi connectivity index (χ0) is 20.3. The number of benzene rings is 2. The molecule has 0 radical (unpaired) electrons. The van der Waals surface area contributed by atoms with Crippen molar-refractivity contribution in [3.8, 4) is 0 Å². The van der Waals surface area contributed by atoms with Crippen LogP contribution in [0.25, 0.3) is 0 Å². The molecular formula is C20H20F3N3O2. The molecule has 1 fully saturated rings. The number of alkyl halides is 3. The Morgan fingerprint density at radius 2 is 1.71 bits per heavy atom. The molecule has 2 aromatic rings. The third-order valence-corrected chi connectivity index (χ3v) is 4.46. The van der Waals surface area contributed by atoms with Gasteiger partial charge < -0.3 is 15.5 Å². The highest BCUT2D eigenvalue weighted by Gasteiger charge is 2.32. The maximum atomic E-state index is 13.1. The normalized spacial score (nSPS) is 14.1. The fourth-order valence-corrected chi connectivity index (χ4v) is 3.18. The number of hydrogen-bond donors (Lipinski definition) is 2. The summed E-state index contributed by atoms with van der Waals surface area (Å²) in [4.78, 5) is 25.8. The van der Waals surface area contributed by atoms with Gasteiger partial charge in [0.25, 0.3) is 5.91 Å². The Bertz CT molecular complexity index is 891. The molecule has 2 amide bonds. The molecule has 1 heterocycles. The van der Waals surface area contributed by atoms with Crippen molar-refractivity contribution in [1.29, 1.82) is 0 Å². The summed E-state index contributed by atoms with van der Waals surface area (Å²) in [6.07, 6.45) is -2.60. The molecule has 0 saturated carbocycles. The average Bonchev–Trinajstić information content (AvgIpc) is 3.15. The van der Waals surface area contributed by atoms with E-state index in [0.29, 0.717) is 11.4 Å². The number of carbonyl (C=O) groups excluding carboxylic acids is 2. The lowest BCUT2D eigenvalue weighted by molar-refractivity contribution is -0.137. The van der Waals surface area contributed by atoms with E-state index in [1.807, 2.05) is 4.90 Å². The maximum Gasteiger partial charge on any atom is 0.416 e. The second-order valence-corrected chi connectivity index (χ2v) is 6.64. The van der Waals surface area contributed by atoms with Gasteiger partial charge in [0, 0.05) is 31.3 Å². The fourth-order valence-electron chi connectivity index (χ4n) is 3.18. The minimum atomic E-state index is -4.51. The van der Waals surface area contributed by atoms with Gasteiger partial charge in [0.1, 0.15) is 0 Å². The Kier molecular flexibility index (Phi) is 5.58. The Morgan fingerprint density at radius 3 is 2.36 bits per heavy atom. The molecule has 0 unspecified atom stereocenters. The summed E-state index contributed by atoms with van der Waals surface area (Å²) in [6.45, 7) is 2.80. The quantitative estimate of drug-likeness (QED) is 0.806. The molecule has 3 rings (SSSR count). The van der Waals surface area contributed by atoms with Crippen LogP contribution >= 0.6 is 0 Å². The summed E-state index contributed by atoms with van der Waals surface area (Å²) in [5.41, 5.74) is 0.529. The van der Waals surface area contributed by atoms with Crippen LogP contribution in [0.2, 0.25) is 0 Å². The SMILES string of the molecule is CC(=O)Nc1cccc(C(=O)Nc2cc(C(F)(F)F)ccc2N2CCCC2)c1. The Morgan fingerprint density at radius 1 is 1.00 bits per heavy atom. The highest BCUT2D eigenvalue weighted by Crippen LogP contribution is 2.36. The zero-order valence-corrected chi connectivity index (χ0v) is 15.3. The number of amides is 2. The van der Waals surface area contributed by atoms with Gasteiger partial charge in [0.05, 0.1) is 16.9 Å². The first-order valence-electron chi connectivity index (χ1n) is 8.89. The van der Waals surface area contributed by atoms with Crippen molar-refractivity contribution >= 4 is 28.9 Å². The van der Waals surface area contributed by atoms with E-state index in [1.54, 1.807) is 12.1 Å². The van der Waals surface area contributed by atoms with Crippen molar-refractivity contribution in [3.05, 3.63) is 53.6 Å². The van der Waals surface area contributed by atoms with Crippen LogP contribution < -0.4 is 15.5 Å². The molecule has 0 spiro atoms. The minimum absolute atomic E-state index is 0.117. The molecule has 1 saturated heterocycles. The number of halogens is 3.